The number of benzene rings is 1. The minimum Gasteiger partial charge on any atom is -0.496 e. The molecule has 2 atom stereocenters. The van der Waals surface area contributed by atoms with Crippen molar-refractivity contribution in [3.63, 3.8) is 0 Å². The zero-order valence-electron chi connectivity index (χ0n) is 10.4. The van der Waals surface area contributed by atoms with E-state index in [1.165, 1.54) is 18.5 Å². The number of hydrogen-bond acceptors (Lipinski definition) is 3. The number of likely N-dealkylation sites (tertiary alicyclic amines) is 1. The van der Waals surface area contributed by atoms with E-state index in [4.69, 9.17) is 4.74 Å². The fourth-order valence-electron chi connectivity index (χ4n) is 2.91. The van der Waals surface area contributed by atoms with E-state index in [2.05, 4.69) is 38.3 Å². The number of piperazine rings is 1. The zero-order valence-corrected chi connectivity index (χ0v) is 12.8. The average molecular weight is 334 g/mol. The van der Waals surface area contributed by atoms with Gasteiger partial charge in [0.1, 0.15) is 5.75 Å². The van der Waals surface area contributed by atoms with Crippen molar-refractivity contribution in [3.05, 3.63) is 28.2 Å². The molecule has 2 aliphatic heterocycles. The highest BCUT2D eigenvalue weighted by molar-refractivity contribution is 9.10. The second-order valence-electron chi connectivity index (χ2n) is 4.88. The van der Waals surface area contributed by atoms with Gasteiger partial charge in [0, 0.05) is 41.8 Å². The van der Waals surface area contributed by atoms with Gasteiger partial charge in [-0.2, -0.15) is 0 Å². The summed E-state index contributed by atoms with van der Waals surface area (Å²) in [6.07, 6.45) is 1.30. The molecule has 2 unspecified atom stereocenters. The molecule has 5 heteroatoms. The first-order chi connectivity index (χ1) is 8.26. The Balaban J connectivity index is 0.00000120. The Kier molecular flexibility index (Phi) is 4.54. The molecule has 0 aliphatic carbocycles. The fraction of sp³-hybridized carbons (Fsp3) is 0.538. The number of halogens is 2. The van der Waals surface area contributed by atoms with E-state index in [1.807, 2.05) is 6.07 Å². The van der Waals surface area contributed by atoms with E-state index in [0.717, 1.165) is 23.3 Å². The van der Waals surface area contributed by atoms with Gasteiger partial charge in [-0.15, -0.1) is 12.4 Å². The van der Waals surface area contributed by atoms with Crippen LogP contribution < -0.4 is 10.1 Å². The van der Waals surface area contributed by atoms with E-state index in [1.54, 1.807) is 7.11 Å². The Morgan fingerprint density at radius 3 is 2.94 bits per heavy atom. The lowest BCUT2D eigenvalue weighted by Gasteiger charge is -2.27. The van der Waals surface area contributed by atoms with Gasteiger partial charge in [-0.3, -0.25) is 4.90 Å². The number of nitrogens with one attached hydrogen (secondary N) is 1. The van der Waals surface area contributed by atoms with Gasteiger partial charge in [-0.05, 0) is 18.6 Å². The molecule has 3 rings (SSSR count). The van der Waals surface area contributed by atoms with Crippen LogP contribution in [0.15, 0.2) is 22.7 Å². The average Bonchev–Trinajstić information content (AvgIpc) is 2.93. The van der Waals surface area contributed by atoms with Crippen LogP contribution in [-0.2, 0) is 6.54 Å². The number of ether oxygens (including phenoxy) is 1. The molecule has 1 aromatic carbocycles. The van der Waals surface area contributed by atoms with Crippen LogP contribution in [0.4, 0.5) is 0 Å². The molecule has 0 aromatic heterocycles. The maximum atomic E-state index is 5.44. The van der Waals surface area contributed by atoms with Gasteiger partial charge >= 0.3 is 0 Å². The molecular formula is C13H18BrClN2O. The van der Waals surface area contributed by atoms with Gasteiger partial charge in [-0.1, -0.05) is 22.0 Å². The normalized spacial score (nSPS) is 26.1. The van der Waals surface area contributed by atoms with Gasteiger partial charge in [-0.25, -0.2) is 0 Å². The molecule has 100 valence electrons. The SMILES string of the molecule is COc1cc(Br)ccc1CN1CC2CC1CN2.Cl. The number of hydrogen-bond donors (Lipinski definition) is 1. The van der Waals surface area contributed by atoms with Crippen LogP contribution in [0.5, 0.6) is 5.75 Å². The maximum Gasteiger partial charge on any atom is 0.124 e. The van der Waals surface area contributed by atoms with Gasteiger partial charge in [0.25, 0.3) is 0 Å². The largest absolute Gasteiger partial charge is 0.496 e. The molecule has 1 N–H and O–H groups in total. The van der Waals surface area contributed by atoms with Crippen LogP contribution in [0.2, 0.25) is 0 Å². The van der Waals surface area contributed by atoms with E-state index < -0.39 is 0 Å². The third-order valence-electron chi connectivity index (χ3n) is 3.79. The Morgan fingerprint density at radius 1 is 1.50 bits per heavy atom. The van der Waals surface area contributed by atoms with Crippen molar-refractivity contribution in [1.29, 1.82) is 0 Å². The summed E-state index contributed by atoms with van der Waals surface area (Å²) >= 11 is 3.48. The first-order valence-corrected chi connectivity index (χ1v) is 6.85. The van der Waals surface area contributed by atoms with Gasteiger partial charge < -0.3 is 10.1 Å². The molecule has 2 bridgehead atoms. The summed E-state index contributed by atoms with van der Waals surface area (Å²) in [5.74, 6) is 0.982. The number of nitrogens with zero attached hydrogens (tertiary/aromatic N) is 1. The highest BCUT2D eigenvalue weighted by atomic mass is 79.9. The van der Waals surface area contributed by atoms with Crippen LogP contribution in [0, 0.1) is 0 Å². The predicted molar refractivity (Wildman–Crippen MR) is 78.5 cm³/mol. The molecular weight excluding hydrogens is 316 g/mol. The van der Waals surface area contributed by atoms with Crippen LogP contribution >= 0.6 is 28.3 Å². The third kappa shape index (κ3) is 2.67. The lowest BCUT2D eigenvalue weighted by molar-refractivity contribution is 0.215. The van der Waals surface area contributed by atoms with Crippen molar-refractivity contribution in [2.75, 3.05) is 20.2 Å². The summed E-state index contributed by atoms with van der Waals surface area (Å²) in [6.45, 7) is 3.31. The molecule has 0 radical (unpaired) electrons. The Hall–Kier alpha value is -0.290. The van der Waals surface area contributed by atoms with Crippen LogP contribution in [-0.4, -0.2) is 37.2 Å². The molecule has 0 amide bonds. The quantitative estimate of drug-likeness (QED) is 0.919. The second-order valence-corrected chi connectivity index (χ2v) is 5.80. The monoisotopic (exact) mass is 332 g/mol. The van der Waals surface area contributed by atoms with Crippen molar-refractivity contribution >= 4 is 28.3 Å². The standard InChI is InChI=1S/C13H17BrN2O.ClH/c1-17-13-4-10(14)3-2-9(13)7-16-8-11-5-12(16)6-15-11;/h2-4,11-12,15H,5-8H2,1H3;1H. The summed E-state index contributed by atoms with van der Waals surface area (Å²) in [4.78, 5) is 2.56. The predicted octanol–water partition coefficient (Wildman–Crippen LogP) is 2.43. The van der Waals surface area contributed by atoms with Crippen LogP contribution in [0.25, 0.3) is 0 Å². The first kappa shape index (κ1) is 14.1. The molecule has 18 heavy (non-hydrogen) atoms. The van der Waals surface area contributed by atoms with Gasteiger partial charge in [0.2, 0.25) is 0 Å². The van der Waals surface area contributed by atoms with Crippen molar-refractivity contribution in [2.45, 2.75) is 25.0 Å². The Bertz CT molecular complexity index is 429. The number of rotatable bonds is 3. The number of fused-ring (bicyclic) bond motifs is 2. The van der Waals surface area contributed by atoms with Crippen molar-refractivity contribution in [2.24, 2.45) is 0 Å². The van der Waals surface area contributed by atoms with E-state index in [-0.39, 0.29) is 12.4 Å². The van der Waals surface area contributed by atoms with Crippen molar-refractivity contribution in [1.82, 2.24) is 10.2 Å². The summed E-state index contributed by atoms with van der Waals surface area (Å²) in [6, 6.07) is 7.71. The topological polar surface area (TPSA) is 24.5 Å². The van der Waals surface area contributed by atoms with Crippen molar-refractivity contribution in [3.8, 4) is 5.75 Å². The smallest absolute Gasteiger partial charge is 0.124 e. The van der Waals surface area contributed by atoms with Gasteiger partial charge in [0.05, 0.1) is 7.11 Å². The second kappa shape index (κ2) is 5.78. The molecule has 2 saturated heterocycles. The Labute approximate surface area is 122 Å². The summed E-state index contributed by atoms with van der Waals surface area (Å²) in [7, 11) is 1.74. The maximum absolute atomic E-state index is 5.44. The molecule has 2 aliphatic rings. The Morgan fingerprint density at radius 2 is 2.33 bits per heavy atom. The molecule has 2 heterocycles. The van der Waals surface area contributed by atoms with Crippen LogP contribution in [0.3, 0.4) is 0 Å². The minimum absolute atomic E-state index is 0. The molecule has 0 saturated carbocycles. The first-order valence-electron chi connectivity index (χ1n) is 6.06. The van der Waals surface area contributed by atoms with E-state index in [0.29, 0.717) is 12.1 Å². The molecule has 1 aromatic rings. The third-order valence-corrected chi connectivity index (χ3v) is 4.29. The minimum atomic E-state index is 0. The van der Waals surface area contributed by atoms with E-state index >= 15 is 0 Å². The van der Waals surface area contributed by atoms with Gasteiger partial charge in [0.15, 0.2) is 0 Å². The summed E-state index contributed by atoms with van der Waals surface area (Å²) < 4.78 is 6.52. The lowest BCUT2D eigenvalue weighted by atomic mass is 10.1. The molecule has 3 nitrogen and oxygen atoms in total. The zero-order chi connectivity index (χ0) is 11.8. The highest BCUT2D eigenvalue weighted by Crippen LogP contribution is 2.29. The summed E-state index contributed by atoms with van der Waals surface area (Å²) in [5.41, 5.74) is 1.28. The molecule has 2 fully saturated rings. The summed E-state index contributed by atoms with van der Waals surface area (Å²) in [5, 5.41) is 3.53. The van der Waals surface area contributed by atoms with Crippen molar-refractivity contribution < 1.29 is 4.74 Å². The lowest BCUT2D eigenvalue weighted by Crippen LogP contribution is -2.43. The number of methoxy groups -OCH3 is 1. The fourth-order valence-corrected chi connectivity index (χ4v) is 3.25. The van der Waals surface area contributed by atoms with Crippen LogP contribution in [0.1, 0.15) is 12.0 Å². The highest BCUT2D eigenvalue weighted by Gasteiger charge is 2.37. The van der Waals surface area contributed by atoms with E-state index in [9.17, 15) is 0 Å². The molecule has 0 spiro atoms.